The lowest BCUT2D eigenvalue weighted by atomic mass is 10.3. The topological polar surface area (TPSA) is 29.0 Å². The number of hydrogen-bond acceptors (Lipinski definition) is 3. The maximum absolute atomic E-state index is 12.8. The van der Waals surface area contributed by atoms with E-state index in [1.54, 1.807) is 4.90 Å². The Balaban J connectivity index is 2.47. The highest BCUT2D eigenvalue weighted by atomic mass is 19.4. The molecule has 0 saturated carbocycles. The van der Waals surface area contributed by atoms with E-state index in [1.807, 2.05) is 0 Å². The molecule has 0 unspecified atom stereocenters. The minimum Gasteiger partial charge on any atom is -0.355 e. The number of rotatable bonds is 1. The second-order valence-electron chi connectivity index (χ2n) is 3.76. The van der Waals surface area contributed by atoms with Gasteiger partial charge in [-0.1, -0.05) is 0 Å². The smallest absolute Gasteiger partial charge is 0.355 e. The van der Waals surface area contributed by atoms with Gasteiger partial charge in [0.05, 0.1) is 6.20 Å². The highest BCUT2D eigenvalue weighted by Crippen LogP contribution is 2.34. The molecule has 0 aromatic carbocycles. The Morgan fingerprint density at radius 3 is 2.47 bits per heavy atom. The van der Waals surface area contributed by atoms with E-state index in [0.29, 0.717) is 13.1 Å². The normalized spacial score (nSPS) is 16.0. The molecule has 1 aromatic rings. The zero-order valence-electron chi connectivity index (χ0n) is 8.96. The molecule has 1 aromatic heterocycles. The highest BCUT2D eigenvalue weighted by molar-refractivity contribution is 5.47. The molecule has 3 nitrogen and oxygen atoms in total. The van der Waals surface area contributed by atoms with Crippen LogP contribution in [0, 0.1) is 12.3 Å². The molecule has 6 heteroatoms. The Morgan fingerprint density at radius 2 is 1.94 bits per heavy atom. The summed E-state index contributed by atoms with van der Waals surface area (Å²) < 4.78 is 38.5. The van der Waals surface area contributed by atoms with Crippen molar-refractivity contribution >= 4 is 5.82 Å². The highest BCUT2D eigenvalue weighted by Gasteiger charge is 2.38. The molecule has 17 heavy (non-hydrogen) atoms. The summed E-state index contributed by atoms with van der Waals surface area (Å²) in [5.74, 6) is 1.95. The van der Waals surface area contributed by atoms with Crippen molar-refractivity contribution in [1.82, 2.24) is 9.97 Å². The van der Waals surface area contributed by atoms with Crippen LogP contribution in [-0.2, 0) is 6.18 Å². The van der Waals surface area contributed by atoms with Crippen molar-refractivity contribution in [3.05, 3.63) is 17.6 Å². The van der Waals surface area contributed by atoms with E-state index < -0.39 is 11.9 Å². The lowest BCUT2D eigenvalue weighted by molar-refractivity contribution is -0.140. The summed E-state index contributed by atoms with van der Waals surface area (Å²) in [6.07, 6.45) is 3.44. The zero-order valence-corrected chi connectivity index (χ0v) is 8.96. The van der Waals surface area contributed by atoms with Crippen LogP contribution in [0.2, 0.25) is 0 Å². The van der Waals surface area contributed by atoms with Gasteiger partial charge in [-0.2, -0.15) is 13.2 Å². The van der Waals surface area contributed by atoms with Gasteiger partial charge >= 0.3 is 6.18 Å². The molecule has 2 rings (SSSR count). The molecule has 0 N–H and O–H groups in total. The lowest BCUT2D eigenvalue weighted by Gasteiger charge is -2.20. The van der Waals surface area contributed by atoms with Crippen LogP contribution in [0.25, 0.3) is 0 Å². The first-order chi connectivity index (χ1) is 8.02. The largest absolute Gasteiger partial charge is 0.437 e. The minimum atomic E-state index is -4.53. The summed E-state index contributed by atoms with van der Waals surface area (Å²) >= 11 is 0. The molecule has 0 radical (unpaired) electrons. The van der Waals surface area contributed by atoms with E-state index in [1.165, 1.54) is 6.20 Å². The SMILES string of the molecule is C#Cc1cnc(N2CCCC2)c(C(F)(F)F)n1. The fourth-order valence-electron chi connectivity index (χ4n) is 1.80. The van der Waals surface area contributed by atoms with Crippen molar-refractivity contribution in [2.45, 2.75) is 19.0 Å². The molecule has 1 saturated heterocycles. The van der Waals surface area contributed by atoms with E-state index in [9.17, 15) is 13.2 Å². The van der Waals surface area contributed by atoms with Gasteiger partial charge in [-0.25, -0.2) is 9.97 Å². The second-order valence-corrected chi connectivity index (χ2v) is 3.76. The third kappa shape index (κ3) is 2.33. The van der Waals surface area contributed by atoms with Gasteiger partial charge in [0, 0.05) is 13.1 Å². The molecular weight excluding hydrogens is 231 g/mol. The minimum absolute atomic E-state index is 0.0970. The molecule has 0 bridgehead atoms. The molecule has 1 aliphatic heterocycles. The van der Waals surface area contributed by atoms with Gasteiger partial charge in [0.15, 0.2) is 11.5 Å². The van der Waals surface area contributed by atoms with Crippen molar-refractivity contribution in [1.29, 1.82) is 0 Å². The van der Waals surface area contributed by atoms with Crippen LogP contribution >= 0.6 is 0 Å². The maximum atomic E-state index is 12.8. The Morgan fingerprint density at radius 1 is 1.29 bits per heavy atom. The van der Waals surface area contributed by atoms with E-state index in [4.69, 9.17) is 6.42 Å². The van der Waals surface area contributed by atoms with Crippen molar-refractivity contribution in [2.24, 2.45) is 0 Å². The number of aromatic nitrogens is 2. The Labute approximate surface area is 96.7 Å². The van der Waals surface area contributed by atoms with Crippen LogP contribution in [0.5, 0.6) is 0 Å². The van der Waals surface area contributed by atoms with E-state index in [-0.39, 0.29) is 11.5 Å². The maximum Gasteiger partial charge on any atom is 0.437 e. The average molecular weight is 241 g/mol. The monoisotopic (exact) mass is 241 g/mol. The number of nitrogens with zero attached hydrogens (tertiary/aromatic N) is 3. The fourth-order valence-corrected chi connectivity index (χ4v) is 1.80. The predicted octanol–water partition coefficient (Wildman–Crippen LogP) is 2.08. The second kappa shape index (κ2) is 4.24. The first-order valence-corrected chi connectivity index (χ1v) is 5.18. The van der Waals surface area contributed by atoms with Gasteiger partial charge in [0.25, 0.3) is 0 Å². The van der Waals surface area contributed by atoms with Gasteiger partial charge in [-0.3, -0.25) is 0 Å². The molecule has 0 atom stereocenters. The fraction of sp³-hybridized carbons (Fsp3) is 0.455. The van der Waals surface area contributed by atoms with Crippen LogP contribution in [0.4, 0.5) is 19.0 Å². The lowest BCUT2D eigenvalue weighted by Crippen LogP contribution is -2.24. The van der Waals surface area contributed by atoms with Crippen LogP contribution in [0.15, 0.2) is 6.20 Å². The van der Waals surface area contributed by atoms with Gasteiger partial charge in [0.2, 0.25) is 0 Å². The Bertz CT molecular complexity index is 456. The molecule has 0 spiro atoms. The molecule has 0 aliphatic carbocycles. The number of hydrogen-bond donors (Lipinski definition) is 0. The van der Waals surface area contributed by atoms with Crippen molar-refractivity contribution < 1.29 is 13.2 Å². The van der Waals surface area contributed by atoms with Crippen molar-refractivity contribution in [3.8, 4) is 12.3 Å². The Hall–Kier alpha value is -1.77. The third-order valence-electron chi connectivity index (χ3n) is 2.58. The first-order valence-electron chi connectivity index (χ1n) is 5.18. The zero-order chi connectivity index (χ0) is 12.5. The number of halogens is 3. The predicted molar refractivity (Wildman–Crippen MR) is 56.4 cm³/mol. The summed E-state index contributed by atoms with van der Waals surface area (Å²) in [5, 5.41) is 0. The van der Waals surface area contributed by atoms with E-state index in [2.05, 4.69) is 15.9 Å². The standard InChI is InChI=1S/C11H10F3N3/c1-2-8-7-15-10(17-5-3-4-6-17)9(16-8)11(12,13)14/h1,7H,3-6H2. The van der Waals surface area contributed by atoms with Gasteiger partial charge in [-0.15, -0.1) is 6.42 Å². The quantitative estimate of drug-likeness (QED) is 0.705. The summed E-state index contributed by atoms with van der Waals surface area (Å²) in [5.41, 5.74) is -1.09. The first kappa shape index (κ1) is 11.7. The van der Waals surface area contributed by atoms with Gasteiger partial charge in [0.1, 0.15) is 5.69 Å². The van der Waals surface area contributed by atoms with Crippen LogP contribution in [-0.4, -0.2) is 23.1 Å². The molecule has 1 aliphatic rings. The number of alkyl halides is 3. The van der Waals surface area contributed by atoms with Crippen molar-refractivity contribution in [3.63, 3.8) is 0 Å². The van der Waals surface area contributed by atoms with E-state index in [0.717, 1.165) is 12.8 Å². The van der Waals surface area contributed by atoms with Gasteiger partial charge < -0.3 is 4.90 Å². The summed E-state index contributed by atoms with van der Waals surface area (Å²) in [4.78, 5) is 8.83. The molecular formula is C11H10F3N3. The van der Waals surface area contributed by atoms with Crippen LogP contribution in [0.3, 0.4) is 0 Å². The number of anilines is 1. The summed E-state index contributed by atoms with van der Waals surface area (Å²) in [7, 11) is 0. The average Bonchev–Trinajstić information content (AvgIpc) is 2.80. The van der Waals surface area contributed by atoms with Gasteiger partial charge in [-0.05, 0) is 18.8 Å². The van der Waals surface area contributed by atoms with Crippen molar-refractivity contribution in [2.75, 3.05) is 18.0 Å². The van der Waals surface area contributed by atoms with Crippen LogP contribution in [0.1, 0.15) is 24.2 Å². The third-order valence-corrected chi connectivity index (χ3v) is 2.58. The summed E-state index contributed by atoms with van der Waals surface area (Å²) in [6, 6.07) is 0. The van der Waals surface area contributed by atoms with Crippen LogP contribution < -0.4 is 4.90 Å². The number of terminal acetylenes is 1. The van der Waals surface area contributed by atoms with E-state index >= 15 is 0 Å². The Kier molecular flexibility index (Phi) is 2.92. The molecule has 0 amide bonds. The molecule has 1 fully saturated rings. The molecule has 2 heterocycles. The molecule has 90 valence electrons. The summed E-state index contributed by atoms with van der Waals surface area (Å²) in [6.45, 7) is 1.15.